The molecule has 0 amide bonds. The second-order valence-electron chi connectivity index (χ2n) is 5.48. The summed E-state index contributed by atoms with van der Waals surface area (Å²) in [6.07, 6.45) is 2.80. The molecule has 138 valence electrons. The highest BCUT2D eigenvalue weighted by atomic mass is 35.5. The molecule has 3 rings (SSSR count). The summed E-state index contributed by atoms with van der Waals surface area (Å²) < 4.78 is 5.78. The Morgan fingerprint density at radius 3 is 2.74 bits per heavy atom. The van der Waals surface area contributed by atoms with Crippen LogP contribution in [0.25, 0.3) is 0 Å². The Kier molecular flexibility index (Phi) is 6.06. The van der Waals surface area contributed by atoms with E-state index in [1.807, 2.05) is 36.4 Å². The molecule has 3 N–H and O–H groups in total. The molecule has 0 aliphatic rings. The maximum absolute atomic E-state index is 6.35. The largest absolute Gasteiger partial charge is 0.487 e. The number of oxime groups is 1. The van der Waals surface area contributed by atoms with E-state index >= 15 is 0 Å². The summed E-state index contributed by atoms with van der Waals surface area (Å²) in [5.74, 6) is 1.36. The van der Waals surface area contributed by atoms with Crippen molar-refractivity contribution in [3.8, 4) is 5.75 Å². The minimum absolute atomic E-state index is 0.280. The van der Waals surface area contributed by atoms with Crippen LogP contribution in [0, 0.1) is 0 Å². The summed E-state index contributed by atoms with van der Waals surface area (Å²) in [6.45, 7) is 0.438. The van der Waals surface area contributed by atoms with Gasteiger partial charge in [0.05, 0.1) is 16.8 Å². The quantitative estimate of drug-likeness (QED) is 0.472. The van der Waals surface area contributed by atoms with Gasteiger partial charge in [0.1, 0.15) is 37.4 Å². The Hall–Kier alpha value is -3.32. The first-order valence-corrected chi connectivity index (χ1v) is 8.45. The third-order valence-electron chi connectivity index (χ3n) is 3.63. The van der Waals surface area contributed by atoms with Gasteiger partial charge in [0.2, 0.25) is 0 Å². The Balaban J connectivity index is 1.75. The highest BCUT2D eigenvalue weighted by Crippen LogP contribution is 2.30. The fraction of sp³-hybridized carbons (Fsp3) is 0.105. The molecule has 8 heteroatoms. The molecule has 1 heterocycles. The molecule has 0 radical (unpaired) electrons. The van der Waals surface area contributed by atoms with Crippen LogP contribution >= 0.6 is 11.6 Å². The van der Waals surface area contributed by atoms with Crippen LogP contribution in [0.3, 0.4) is 0 Å². The van der Waals surface area contributed by atoms with Crippen molar-refractivity contribution in [3.63, 3.8) is 0 Å². The van der Waals surface area contributed by atoms with Gasteiger partial charge < -0.3 is 20.6 Å². The average Bonchev–Trinajstić information content (AvgIpc) is 2.68. The zero-order valence-corrected chi connectivity index (χ0v) is 15.3. The van der Waals surface area contributed by atoms with Crippen molar-refractivity contribution in [2.75, 3.05) is 18.2 Å². The number of aromatic nitrogens is 2. The summed E-state index contributed by atoms with van der Waals surface area (Å²) >= 11 is 6.35. The lowest BCUT2D eigenvalue weighted by molar-refractivity contribution is 0.215. The molecule has 0 aliphatic heterocycles. The molecule has 3 aromatic rings. The summed E-state index contributed by atoms with van der Waals surface area (Å²) in [5.41, 5.74) is 8.18. The van der Waals surface area contributed by atoms with Crippen molar-refractivity contribution >= 4 is 35.1 Å². The van der Waals surface area contributed by atoms with E-state index in [1.54, 1.807) is 12.1 Å². The Bertz CT molecular complexity index is 935. The number of nitrogen functional groups attached to an aromatic ring is 1. The van der Waals surface area contributed by atoms with Gasteiger partial charge in [-0.15, -0.1) is 0 Å². The molecule has 0 fully saturated rings. The fourth-order valence-electron chi connectivity index (χ4n) is 2.31. The molecule has 0 aliphatic carbocycles. The van der Waals surface area contributed by atoms with E-state index in [2.05, 4.69) is 20.4 Å². The monoisotopic (exact) mass is 383 g/mol. The lowest BCUT2D eigenvalue weighted by Crippen LogP contribution is -2.05. The predicted octanol–water partition coefficient (Wildman–Crippen LogP) is 4.02. The van der Waals surface area contributed by atoms with Crippen molar-refractivity contribution in [2.24, 2.45) is 5.16 Å². The fourth-order valence-corrected chi connectivity index (χ4v) is 2.54. The number of ether oxygens (including phenoxy) is 1. The van der Waals surface area contributed by atoms with E-state index in [1.165, 1.54) is 19.7 Å². The van der Waals surface area contributed by atoms with Crippen LogP contribution in [-0.2, 0) is 11.4 Å². The maximum atomic E-state index is 6.35. The average molecular weight is 384 g/mol. The van der Waals surface area contributed by atoms with Gasteiger partial charge in [-0.25, -0.2) is 9.97 Å². The van der Waals surface area contributed by atoms with Crippen LogP contribution < -0.4 is 15.8 Å². The predicted molar refractivity (Wildman–Crippen MR) is 107 cm³/mol. The van der Waals surface area contributed by atoms with E-state index < -0.39 is 0 Å². The Labute approximate surface area is 161 Å². The highest BCUT2D eigenvalue weighted by Gasteiger charge is 2.10. The molecule has 7 nitrogen and oxygen atoms in total. The van der Waals surface area contributed by atoms with Gasteiger partial charge >= 0.3 is 0 Å². The number of anilines is 3. The van der Waals surface area contributed by atoms with Gasteiger partial charge in [-0.1, -0.05) is 47.1 Å². The Morgan fingerprint density at radius 1 is 1.19 bits per heavy atom. The van der Waals surface area contributed by atoms with Gasteiger partial charge in [-0.3, -0.25) is 0 Å². The van der Waals surface area contributed by atoms with Crippen LogP contribution in [0.4, 0.5) is 17.3 Å². The van der Waals surface area contributed by atoms with Crippen LogP contribution in [-0.4, -0.2) is 23.3 Å². The Morgan fingerprint density at radius 2 is 2.00 bits per heavy atom. The number of rotatable bonds is 7. The van der Waals surface area contributed by atoms with Gasteiger partial charge in [0.15, 0.2) is 0 Å². The zero-order chi connectivity index (χ0) is 19.1. The van der Waals surface area contributed by atoms with Crippen LogP contribution in [0.2, 0.25) is 5.02 Å². The van der Waals surface area contributed by atoms with Gasteiger partial charge in [0.25, 0.3) is 0 Å². The molecule has 0 saturated carbocycles. The molecule has 2 aromatic carbocycles. The second-order valence-corrected chi connectivity index (χ2v) is 5.89. The van der Waals surface area contributed by atoms with Crippen LogP contribution in [0.15, 0.2) is 60.0 Å². The molecular weight excluding hydrogens is 366 g/mol. The number of nitrogens with zero attached hydrogens (tertiary/aromatic N) is 3. The van der Waals surface area contributed by atoms with Crippen molar-refractivity contribution in [1.29, 1.82) is 0 Å². The summed E-state index contributed by atoms with van der Waals surface area (Å²) in [7, 11) is 1.44. The minimum atomic E-state index is 0.280. The maximum Gasteiger partial charge on any atom is 0.144 e. The molecule has 0 bridgehead atoms. The molecule has 0 atom stereocenters. The first-order valence-electron chi connectivity index (χ1n) is 8.07. The molecule has 0 unspecified atom stereocenters. The highest BCUT2D eigenvalue weighted by molar-refractivity contribution is 6.32. The zero-order valence-electron chi connectivity index (χ0n) is 14.6. The third-order valence-corrected chi connectivity index (χ3v) is 3.93. The lowest BCUT2D eigenvalue weighted by atomic mass is 10.2. The molecule has 1 aromatic heterocycles. The number of nitrogens with one attached hydrogen (secondary N) is 1. The van der Waals surface area contributed by atoms with Crippen molar-refractivity contribution in [1.82, 2.24) is 9.97 Å². The SMILES string of the molecule is CON=Cc1c(N)ncnc1Nc1ccc(OCc2ccccc2)c(Cl)c1. The van der Waals surface area contributed by atoms with E-state index in [-0.39, 0.29) is 5.82 Å². The second kappa shape index (κ2) is 8.86. The third kappa shape index (κ3) is 4.86. The lowest BCUT2D eigenvalue weighted by Gasteiger charge is -2.12. The molecular formula is C19H18ClN5O2. The van der Waals surface area contributed by atoms with E-state index in [4.69, 9.17) is 26.9 Å². The van der Waals surface area contributed by atoms with E-state index in [0.29, 0.717) is 28.8 Å². The number of hydrogen-bond donors (Lipinski definition) is 2. The van der Waals surface area contributed by atoms with Crippen LogP contribution in [0.1, 0.15) is 11.1 Å². The van der Waals surface area contributed by atoms with Gasteiger partial charge in [-0.05, 0) is 23.8 Å². The summed E-state index contributed by atoms with van der Waals surface area (Å²) in [6, 6.07) is 15.2. The van der Waals surface area contributed by atoms with Crippen LogP contribution in [0.5, 0.6) is 5.75 Å². The molecule has 27 heavy (non-hydrogen) atoms. The number of halogens is 1. The van der Waals surface area contributed by atoms with E-state index in [9.17, 15) is 0 Å². The summed E-state index contributed by atoms with van der Waals surface area (Å²) in [4.78, 5) is 12.8. The van der Waals surface area contributed by atoms with E-state index in [0.717, 1.165) is 11.3 Å². The number of hydrogen-bond acceptors (Lipinski definition) is 7. The molecule has 0 spiro atoms. The smallest absolute Gasteiger partial charge is 0.144 e. The normalized spacial score (nSPS) is 10.7. The topological polar surface area (TPSA) is 94.7 Å². The minimum Gasteiger partial charge on any atom is -0.487 e. The van der Waals surface area contributed by atoms with Gasteiger partial charge in [0, 0.05) is 5.69 Å². The number of nitrogens with two attached hydrogens (primary N) is 1. The first kappa shape index (κ1) is 18.5. The van der Waals surface area contributed by atoms with Crippen molar-refractivity contribution in [2.45, 2.75) is 6.61 Å². The van der Waals surface area contributed by atoms with Gasteiger partial charge in [-0.2, -0.15) is 0 Å². The number of benzene rings is 2. The molecule has 0 saturated heterocycles. The summed E-state index contributed by atoms with van der Waals surface area (Å²) in [5, 5.41) is 7.34. The van der Waals surface area contributed by atoms with Crippen molar-refractivity contribution in [3.05, 3.63) is 71.0 Å². The first-order chi connectivity index (χ1) is 13.2. The standard InChI is InChI=1S/C19H18ClN5O2/c1-26-24-10-15-18(21)22-12-23-19(15)25-14-7-8-17(16(20)9-14)27-11-13-5-3-2-4-6-13/h2-10,12H,11H2,1H3,(H3,21,22,23,25). The van der Waals surface area contributed by atoms with Crippen molar-refractivity contribution < 1.29 is 9.57 Å².